The summed E-state index contributed by atoms with van der Waals surface area (Å²) in [5.74, 6) is 0.541. The molecule has 5 heteroatoms. The summed E-state index contributed by atoms with van der Waals surface area (Å²) in [7, 11) is 0. The molecule has 0 atom stereocenters. The zero-order valence-corrected chi connectivity index (χ0v) is 26.8. The van der Waals surface area contributed by atoms with Gasteiger partial charge in [0.1, 0.15) is 6.07 Å². The number of nitriles is 1. The van der Waals surface area contributed by atoms with Crippen LogP contribution in [0, 0.1) is 11.3 Å². The minimum Gasteiger partial charge on any atom is -0.309 e. The molecule has 0 bridgehead atoms. The summed E-state index contributed by atoms with van der Waals surface area (Å²) in [6.45, 7) is 0. The highest BCUT2D eigenvalue weighted by Crippen LogP contribution is 2.43. The molecule has 0 saturated carbocycles. The molecule has 0 amide bonds. The van der Waals surface area contributed by atoms with E-state index >= 15 is 0 Å². The summed E-state index contributed by atoms with van der Waals surface area (Å²) in [6.07, 6.45) is 0. The van der Waals surface area contributed by atoms with Gasteiger partial charge in [0.05, 0.1) is 27.6 Å². The first-order valence-corrected chi connectivity index (χ1v) is 16.7. The predicted octanol–water partition coefficient (Wildman–Crippen LogP) is 11.0. The molecule has 3 heterocycles. The molecular formula is C45H27N5. The molecule has 0 unspecified atom stereocenters. The summed E-state index contributed by atoms with van der Waals surface area (Å²) >= 11 is 0. The van der Waals surface area contributed by atoms with Gasteiger partial charge in [-0.25, -0.2) is 9.97 Å². The topological polar surface area (TPSA) is 59.4 Å². The van der Waals surface area contributed by atoms with E-state index in [0.29, 0.717) is 11.5 Å². The van der Waals surface area contributed by atoms with Crippen LogP contribution in [0.2, 0.25) is 0 Å². The van der Waals surface area contributed by atoms with Gasteiger partial charge in [-0.3, -0.25) is 0 Å². The number of benzene rings is 7. The third-order valence-corrected chi connectivity index (χ3v) is 9.79. The minimum absolute atomic E-state index is 0.381. The minimum atomic E-state index is 0.381. The number of hydrogen-bond donors (Lipinski definition) is 0. The average Bonchev–Trinajstić information content (AvgIpc) is 3.71. The van der Waals surface area contributed by atoms with Gasteiger partial charge in [0.25, 0.3) is 0 Å². The van der Waals surface area contributed by atoms with Crippen molar-refractivity contribution >= 4 is 54.5 Å². The van der Waals surface area contributed by atoms with Crippen molar-refractivity contribution < 1.29 is 0 Å². The van der Waals surface area contributed by atoms with Gasteiger partial charge >= 0.3 is 0 Å². The standard InChI is InChI=1S/C45H27N5/c46-28-38-34-14-4-7-19-37(34)47-45(48-38)29-24-26-31(27-25-29)50-40-21-9-6-16-36(40)44-33(18-11-23-42(44)50)32-17-10-22-41-43(32)35-15-5-8-20-39(35)49(41)30-12-2-1-3-13-30/h1-27H. The largest absolute Gasteiger partial charge is 0.309 e. The number of para-hydroxylation sites is 4. The summed E-state index contributed by atoms with van der Waals surface area (Å²) in [5, 5.41) is 15.4. The van der Waals surface area contributed by atoms with Gasteiger partial charge in [-0.1, -0.05) is 91.0 Å². The zero-order valence-electron chi connectivity index (χ0n) is 26.8. The Morgan fingerprint density at radius 2 is 0.920 bits per heavy atom. The smallest absolute Gasteiger partial charge is 0.161 e. The van der Waals surface area contributed by atoms with Gasteiger partial charge in [0, 0.05) is 43.9 Å². The van der Waals surface area contributed by atoms with E-state index in [0.717, 1.165) is 38.9 Å². The molecule has 0 spiro atoms. The fourth-order valence-electron chi connectivity index (χ4n) is 7.67. The second-order valence-electron chi connectivity index (χ2n) is 12.5. The number of nitrogens with zero attached hydrogens (tertiary/aromatic N) is 5. The Morgan fingerprint density at radius 3 is 1.52 bits per heavy atom. The van der Waals surface area contributed by atoms with Gasteiger partial charge in [-0.05, 0) is 83.9 Å². The van der Waals surface area contributed by atoms with Gasteiger partial charge in [-0.15, -0.1) is 0 Å². The van der Waals surface area contributed by atoms with Crippen molar-refractivity contribution in [2.24, 2.45) is 0 Å². The molecular weight excluding hydrogens is 611 g/mol. The highest BCUT2D eigenvalue weighted by Gasteiger charge is 2.20. The fourth-order valence-corrected chi connectivity index (χ4v) is 7.67. The molecule has 0 aliphatic heterocycles. The third-order valence-electron chi connectivity index (χ3n) is 9.79. The highest BCUT2D eigenvalue weighted by atomic mass is 15.0. The highest BCUT2D eigenvalue weighted by molar-refractivity contribution is 6.22. The van der Waals surface area contributed by atoms with Crippen LogP contribution in [0.5, 0.6) is 0 Å². The Bertz CT molecular complexity index is 2980. The lowest BCUT2D eigenvalue weighted by atomic mass is 9.95. The van der Waals surface area contributed by atoms with Crippen LogP contribution in [-0.4, -0.2) is 19.1 Å². The molecule has 0 aliphatic rings. The second kappa shape index (κ2) is 11.0. The van der Waals surface area contributed by atoms with E-state index < -0.39 is 0 Å². The van der Waals surface area contributed by atoms with Crippen molar-refractivity contribution in [3.8, 4) is 40.0 Å². The quantitative estimate of drug-likeness (QED) is 0.193. The summed E-state index contributed by atoms with van der Waals surface area (Å²) in [5.41, 5.74) is 11.2. The third kappa shape index (κ3) is 4.12. The van der Waals surface area contributed by atoms with Gasteiger partial charge in [0.2, 0.25) is 0 Å². The monoisotopic (exact) mass is 637 g/mol. The lowest BCUT2D eigenvalue weighted by Crippen LogP contribution is -1.97. The van der Waals surface area contributed by atoms with Crippen molar-refractivity contribution in [1.82, 2.24) is 19.1 Å². The molecule has 0 radical (unpaired) electrons. The molecule has 0 fully saturated rings. The number of fused-ring (bicyclic) bond motifs is 7. The van der Waals surface area contributed by atoms with Crippen LogP contribution in [0.15, 0.2) is 164 Å². The Morgan fingerprint density at radius 1 is 0.420 bits per heavy atom. The molecule has 0 aliphatic carbocycles. The summed E-state index contributed by atoms with van der Waals surface area (Å²) in [6, 6.07) is 59.5. The Balaban J connectivity index is 1.19. The van der Waals surface area contributed by atoms with Crippen LogP contribution in [0.4, 0.5) is 0 Å². The molecule has 10 rings (SSSR count). The van der Waals surface area contributed by atoms with Gasteiger partial charge in [-0.2, -0.15) is 5.26 Å². The molecule has 232 valence electrons. The SMILES string of the molecule is N#Cc1nc(-c2ccc(-n3c4ccccc4c4c(-c5cccc6c5c5ccccc5n6-c5ccccc5)cccc43)cc2)nc2ccccc12. The predicted molar refractivity (Wildman–Crippen MR) is 204 cm³/mol. The Hall–Kier alpha value is -7.03. The van der Waals surface area contributed by atoms with Gasteiger partial charge in [0.15, 0.2) is 11.5 Å². The van der Waals surface area contributed by atoms with Crippen LogP contribution in [0.3, 0.4) is 0 Å². The molecule has 5 nitrogen and oxygen atoms in total. The van der Waals surface area contributed by atoms with Crippen LogP contribution in [0.25, 0.3) is 88.4 Å². The van der Waals surface area contributed by atoms with E-state index in [4.69, 9.17) is 4.98 Å². The van der Waals surface area contributed by atoms with Crippen LogP contribution in [0.1, 0.15) is 5.69 Å². The van der Waals surface area contributed by atoms with E-state index in [9.17, 15) is 5.26 Å². The summed E-state index contributed by atoms with van der Waals surface area (Å²) in [4.78, 5) is 9.40. The number of rotatable bonds is 4. The maximum atomic E-state index is 9.80. The van der Waals surface area contributed by atoms with Gasteiger partial charge < -0.3 is 9.13 Å². The van der Waals surface area contributed by atoms with Crippen molar-refractivity contribution in [3.05, 3.63) is 169 Å². The molecule has 50 heavy (non-hydrogen) atoms. The van der Waals surface area contributed by atoms with Crippen molar-refractivity contribution in [2.45, 2.75) is 0 Å². The Labute approximate surface area is 287 Å². The van der Waals surface area contributed by atoms with E-state index in [1.807, 2.05) is 36.4 Å². The molecule has 0 saturated heterocycles. The van der Waals surface area contributed by atoms with Crippen molar-refractivity contribution in [1.29, 1.82) is 5.26 Å². The maximum Gasteiger partial charge on any atom is 0.161 e. The van der Waals surface area contributed by atoms with Crippen molar-refractivity contribution in [2.75, 3.05) is 0 Å². The van der Waals surface area contributed by atoms with E-state index in [1.165, 1.54) is 43.7 Å². The van der Waals surface area contributed by atoms with Crippen LogP contribution < -0.4 is 0 Å². The molecule has 3 aromatic heterocycles. The lowest BCUT2D eigenvalue weighted by molar-refractivity contribution is 1.17. The summed E-state index contributed by atoms with van der Waals surface area (Å²) < 4.78 is 4.71. The fraction of sp³-hybridized carbons (Fsp3) is 0. The van der Waals surface area contributed by atoms with E-state index in [1.54, 1.807) is 0 Å². The molecule has 0 N–H and O–H groups in total. The first-order chi connectivity index (χ1) is 24.8. The Kier molecular flexibility index (Phi) is 6.17. The van der Waals surface area contributed by atoms with Crippen LogP contribution in [-0.2, 0) is 0 Å². The first kappa shape index (κ1) is 28.0. The van der Waals surface area contributed by atoms with Crippen molar-refractivity contribution in [3.63, 3.8) is 0 Å². The normalized spacial score (nSPS) is 11.6. The molecule has 10 aromatic rings. The van der Waals surface area contributed by atoms with E-state index in [2.05, 4.69) is 148 Å². The maximum absolute atomic E-state index is 9.80. The average molecular weight is 638 g/mol. The molecule has 7 aromatic carbocycles. The number of hydrogen-bond acceptors (Lipinski definition) is 3. The van der Waals surface area contributed by atoms with E-state index in [-0.39, 0.29) is 0 Å². The number of aromatic nitrogens is 4. The lowest BCUT2D eigenvalue weighted by Gasteiger charge is -2.11. The second-order valence-corrected chi connectivity index (χ2v) is 12.5. The zero-order chi connectivity index (χ0) is 33.2. The van der Waals surface area contributed by atoms with Crippen LogP contribution >= 0.6 is 0 Å². The first-order valence-electron chi connectivity index (χ1n) is 16.7.